The maximum atomic E-state index is 12.8. The van der Waals surface area contributed by atoms with Crippen LogP contribution in [-0.2, 0) is 23.7 Å². The van der Waals surface area contributed by atoms with Gasteiger partial charge in [0.25, 0.3) is 0 Å². The highest BCUT2D eigenvalue weighted by Crippen LogP contribution is 2.36. The number of halogens is 6. The van der Waals surface area contributed by atoms with Gasteiger partial charge < -0.3 is 5.32 Å². The quantitative estimate of drug-likeness (QED) is 0.630. The van der Waals surface area contributed by atoms with E-state index >= 15 is 0 Å². The van der Waals surface area contributed by atoms with Gasteiger partial charge in [-0.3, -0.25) is 9.79 Å². The normalized spacial score (nSPS) is 21.2. The number of benzene rings is 1. The number of hydrogen-bond acceptors (Lipinski definition) is 2. The first kappa shape index (κ1) is 19.3. The second kappa shape index (κ2) is 7.05. The summed E-state index contributed by atoms with van der Waals surface area (Å²) in [5.41, 5.74) is -3.06. The van der Waals surface area contributed by atoms with Crippen LogP contribution >= 0.6 is 0 Å². The minimum atomic E-state index is -4.91. The number of nitrogens with one attached hydrogen (secondary N) is 1. The number of nitrogens with zero attached hydrogens (tertiary/aromatic N) is 1. The maximum Gasteiger partial charge on any atom is 0.416 e. The van der Waals surface area contributed by atoms with Crippen LogP contribution in [-0.4, -0.2) is 18.7 Å². The number of aliphatic imine (C=N–C) groups is 1. The Morgan fingerprint density at radius 1 is 1.08 bits per heavy atom. The fraction of sp³-hybridized carbons (Fsp3) is 0.500. The zero-order valence-corrected chi connectivity index (χ0v) is 13.0. The summed E-state index contributed by atoms with van der Waals surface area (Å²) < 4.78 is 76.7. The minimum Gasteiger partial charge on any atom is -0.352 e. The molecule has 1 aliphatic rings. The van der Waals surface area contributed by atoms with E-state index in [-0.39, 0.29) is 23.6 Å². The molecular weight excluding hydrogens is 350 g/mol. The molecule has 0 spiro atoms. The van der Waals surface area contributed by atoms with Crippen molar-refractivity contribution in [3.63, 3.8) is 0 Å². The second-order valence-corrected chi connectivity index (χ2v) is 5.98. The van der Waals surface area contributed by atoms with Gasteiger partial charge in [-0.1, -0.05) is 0 Å². The van der Waals surface area contributed by atoms with Crippen molar-refractivity contribution in [2.24, 2.45) is 10.9 Å². The van der Waals surface area contributed by atoms with Crippen molar-refractivity contribution in [2.75, 3.05) is 0 Å². The molecule has 0 aromatic heterocycles. The molecular formula is C16H16F6N2O. The fourth-order valence-electron chi connectivity index (χ4n) is 2.82. The number of amides is 1. The van der Waals surface area contributed by atoms with Crippen molar-refractivity contribution < 1.29 is 31.1 Å². The van der Waals surface area contributed by atoms with Crippen molar-refractivity contribution >= 4 is 12.6 Å². The molecule has 2 rings (SSSR count). The molecule has 1 amide bonds. The van der Waals surface area contributed by atoms with Gasteiger partial charge in [0, 0.05) is 18.5 Å². The summed E-state index contributed by atoms with van der Waals surface area (Å²) in [4.78, 5) is 15.9. The summed E-state index contributed by atoms with van der Waals surface area (Å²) >= 11 is 0. The predicted octanol–water partition coefficient (Wildman–Crippen LogP) is 4.21. The lowest BCUT2D eigenvalue weighted by atomic mass is 10.0. The lowest BCUT2D eigenvalue weighted by Gasteiger charge is -2.15. The highest BCUT2D eigenvalue weighted by Gasteiger charge is 2.37. The van der Waals surface area contributed by atoms with Gasteiger partial charge in [-0.05, 0) is 49.7 Å². The van der Waals surface area contributed by atoms with Gasteiger partial charge in [0.2, 0.25) is 5.91 Å². The van der Waals surface area contributed by atoms with Crippen LogP contribution in [0.2, 0.25) is 0 Å². The third-order valence-electron chi connectivity index (χ3n) is 4.15. The topological polar surface area (TPSA) is 41.5 Å². The van der Waals surface area contributed by atoms with Crippen LogP contribution in [0.1, 0.15) is 36.0 Å². The van der Waals surface area contributed by atoms with Gasteiger partial charge in [-0.15, -0.1) is 0 Å². The molecule has 1 N–H and O–H groups in total. The highest BCUT2D eigenvalue weighted by molar-refractivity contribution is 5.79. The van der Waals surface area contributed by atoms with Gasteiger partial charge >= 0.3 is 12.4 Å². The first-order chi connectivity index (χ1) is 11.5. The summed E-state index contributed by atoms with van der Waals surface area (Å²) in [7, 11) is 0. The number of alkyl halides is 6. The molecule has 0 saturated heterocycles. The van der Waals surface area contributed by atoms with Crippen molar-refractivity contribution in [2.45, 2.75) is 44.2 Å². The zero-order valence-electron chi connectivity index (χ0n) is 13.0. The highest BCUT2D eigenvalue weighted by atomic mass is 19.4. The SMILES string of the molecule is C=NC1CC[C@H](C(=O)NCc2cc(C(F)(F)F)cc(C(F)(F)F)c2)C1. The molecule has 1 aliphatic carbocycles. The lowest BCUT2D eigenvalue weighted by Crippen LogP contribution is -2.29. The Balaban J connectivity index is 2.13. The molecule has 1 saturated carbocycles. The molecule has 1 aromatic rings. The summed E-state index contributed by atoms with van der Waals surface area (Å²) in [5.74, 6) is -0.763. The van der Waals surface area contributed by atoms with Crippen LogP contribution in [0.25, 0.3) is 0 Å². The van der Waals surface area contributed by atoms with E-state index in [2.05, 4.69) is 17.0 Å². The Kier molecular flexibility index (Phi) is 5.43. The van der Waals surface area contributed by atoms with E-state index in [4.69, 9.17) is 0 Å². The van der Waals surface area contributed by atoms with Crippen molar-refractivity contribution in [1.29, 1.82) is 0 Å². The van der Waals surface area contributed by atoms with E-state index < -0.39 is 35.9 Å². The number of carbonyl (C=O) groups is 1. The molecule has 0 heterocycles. The van der Waals surface area contributed by atoms with E-state index in [1.54, 1.807) is 0 Å². The monoisotopic (exact) mass is 366 g/mol. The molecule has 9 heteroatoms. The second-order valence-electron chi connectivity index (χ2n) is 5.98. The smallest absolute Gasteiger partial charge is 0.352 e. The average molecular weight is 366 g/mol. The van der Waals surface area contributed by atoms with Crippen LogP contribution in [0.3, 0.4) is 0 Å². The van der Waals surface area contributed by atoms with Crippen molar-refractivity contribution in [3.05, 3.63) is 34.9 Å². The predicted molar refractivity (Wildman–Crippen MR) is 79.0 cm³/mol. The number of rotatable bonds is 4. The molecule has 1 unspecified atom stereocenters. The molecule has 3 nitrogen and oxygen atoms in total. The molecule has 0 radical (unpaired) electrons. The minimum absolute atomic E-state index is 0.0406. The fourth-order valence-corrected chi connectivity index (χ4v) is 2.82. The zero-order chi connectivity index (χ0) is 18.8. The Labute approximate surface area is 140 Å². The molecule has 138 valence electrons. The third-order valence-corrected chi connectivity index (χ3v) is 4.15. The number of carbonyl (C=O) groups excluding carboxylic acids is 1. The van der Waals surface area contributed by atoms with E-state index in [0.29, 0.717) is 31.4 Å². The van der Waals surface area contributed by atoms with E-state index in [1.807, 2.05) is 0 Å². The van der Waals surface area contributed by atoms with Crippen LogP contribution in [0, 0.1) is 5.92 Å². The summed E-state index contributed by atoms with van der Waals surface area (Å²) in [6.07, 6.45) is -8.09. The van der Waals surface area contributed by atoms with E-state index in [0.717, 1.165) is 0 Å². The first-order valence-corrected chi connectivity index (χ1v) is 7.52. The van der Waals surface area contributed by atoms with Gasteiger partial charge in [0.1, 0.15) is 0 Å². The molecule has 0 bridgehead atoms. The lowest BCUT2D eigenvalue weighted by molar-refractivity contribution is -0.143. The molecule has 0 aliphatic heterocycles. The molecule has 25 heavy (non-hydrogen) atoms. The summed E-state index contributed by atoms with van der Waals surface area (Å²) in [5, 5.41) is 2.41. The maximum absolute atomic E-state index is 12.8. The van der Waals surface area contributed by atoms with Crippen LogP contribution in [0.5, 0.6) is 0 Å². The van der Waals surface area contributed by atoms with Gasteiger partial charge in [-0.2, -0.15) is 26.3 Å². The standard InChI is InChI=1S/C16H16F6N2O/c1-23-13-3-2-10(6-13)14(25)24-8-9-4-11(15(17,18)19)7-12(5-9)16(20,21)22/h4-5,7,10,13H,1-3,6,8H2,(H,24,25)/t10-,13?/m0/s1. The van der Waals surface area contributed by atoms with Gasteiger partial charge in [0.05, 0.1) is 11.1 Å². The van der Waals surface area contributed by atoms with Crippen molar-refractivity contribution in [3.8, 4) is 0 Å². The summed E-state index contributed by atoms with van der Waals surface area (Å²) in [6, 6.07) is 1.24. The molecule has 2 atom stereocenters. The van der Waals surface area contributed by atoms with Crippen LogP contribution in [0.4, 0.5) is 26.3 Å². The van der Waals surface area contributed by atoms with Gasteiger partial charge in [-0.25, -0.2) is 0 Å². The van der Waals surface area contributed by atoms with Gasteiger partial charge in [0.15, 0.2) is 0 Å². The Hall–Kier alpha value is -2.06. The molecule has 1 aromatic carbocycles. The number of hydrogen-bond donors (Lipinski definition) is 1. The Morgan fingerprint density at radius 2 is 1.64 bits per heavy atom. The third kappa shape index (κ3) is 4.96. The first-order valence-electron chi connectivity index (χ1n) is 7.52. The molecule has 1 fully saturated rings. The van der Waals surface area contributed by atoms with Crippen LogP contribution < -0.4 is 5.32 Å². The Bertz CT molecular complexity index is 621. The van der Waals surface area contributed by atoms with E-state index in [1.165, 1.54) is 0 Å². The average Bonchev–Trinajstić information content (AvgIpc) is 2.99. The summed E-state index contributed by atoms with van der Waals surface area (Å²) in [6.45, 7) is 2.99. The van der Waals surface area contributed by atoms with Crippen LogP contribution in [0.15, 0.2) is 23.2 Å². The largest absolute Gasteiger partial charge is 0.416 e. The van der Waals surface area contributed by atoms with Crippen molar-refractivity contribution in [1.82, 2.24) is 5.32 Å². The van der Waals surface area contributed by atoms with E-state index in [9.17, 15) is 31.1 Å². The Morgan fingerprint density at radius 3 is 2.08 bits per heavy atom.